The van der Waals surface area contributed by atoms with Gasteiger partial charge in [0.25, 0.3) is 10.0 Å². The molecule has 2 aromatic carbocycles. The molecule has 7 nitrogen and oxygen atoms in total. The number of rotatable bonds is 8. The maximum absolute atomic E-state index is 13.9. The van der Waals surface area contributed by atoms with E-state index in [-0.39, 0.29) is 25.5 Å². The fraction of sp³-hybridized carbons (Fsp3) is 0.211. The third-order valence-electron chi connectivity index (χ3n) is 4.19. The molecule has 156 valence electrons. The molecule has 29 heavy (non-hydrogen) atoms. The van der Waals surface area contributed by atoms with Crippen LogP contribution >= 0.6 is 12.4 Å². The van der Waals surface area contributed by atoms with E-state index in [1.807, 2.05) is 0 Å². The lowest BCUT2D eigenvalue weighted by Crippen LogP contribution is -2.31. The van der Waals surface area contributed by atoms with Crippen LogP contribution in [0.2, 0.25) is 0 Å². The first kappa shape index (κ1) is 22.7. The van der Waals surface area contributed by atoms with Crippen molar-refractivity contribution in [3.05, 3.63) is 71.7 Å². The fourth-order valence-electron chi connectivity index (χ4n) is 2.66. The molecule has 0 radical (unpaired) electrons. The summed E-state index contributed by atoms with van der Waals surface area (Å²) >= 11 is 0. The zero-order chi connectivity index (χ0) is 20.1. The molecule has 0 aliphatic rings. The Morgan fingerprint density at radius 2 is 1.38 bits per heavy atom. The number of halogens is 2. The van der Waals surface area contributed by atoms with Crippen molar-refractivity contribution in [2.24, 2.45) is 0 Å². The molecular weight excluding hydrogens is 421 g/mol. The Hall–Kier alpha value is -2.62. The summed E-state index contributed by atoms with van der Waals surface area (Å²) in [6.45, 7) is 0.105. The van der Waals surface area contributed by atoms with Crippen molar-refractivity contribution in [1.29, 1.82) is 0 Å². The molecule has 0 saturated carbocycles. The highest BCUT2D eigenvalue weighted by Crippen LogP contribution is 2.23. The predicted molar refractivity (Wildman–Crippen MR) is 108 cm³/mol. The number of nitrogens with one attached hydrogen (secondary N) is 1. The van der Waals surface area contributed by atoms with Crippen molar-refractivity contribution >= 4 is 22.4 Å². The number of benzene rings is 2. The molecule has 0 spiro atoms. The lowest BCUT2D eigenvalue weighted by atomic mass is 10.2. The lowest BCUT2D eigenvalue weighted by Gasteiger charge is -2.22. The van der Waals surface area contributed by atoms with Crippen LogP contribution in [-0.4, -0.2) is 37.1 Å². The van der Waals surface area contributed by atoms with E-state index in [9.17, 15) is 12.8 Å². The summed E-state index contributed by atoms with van der Waals surface area (Å²) in [5.74, 6) is 0.398. The molecule has 1 N–H and O–H groups in total. The molecule has 3 rings (SSSR count). The van der Waals surface area contributed by atoms with Gasteiger partial charge in [0.2, 0.25) is 5.03 Å². The number of aromatic amines is 1. The molecule has 0 aliphatic heterocycles. The van der Waals surface area contributed by atoms with E-state index in [1.54, 1.807) is 62.8 Å². The first-order valence-electron chi connectivity index (χ1n) is 8.39. The fourth-order valence-corrected chi connectivity index (χ4v) is 4.03. The van der Waals surface area contributed by atoms with Crippen molar-refractivity contribution in [2.75, 3.05) is 14.2 Å². The second kappa shape index (κ2) is 9.73. The standard InChI is InChI=1S/C19H20FN3O4S.ClH/c1-26-16-7-3-14(4-8-16)12-23(13-15-5-9-17(27-2)10-6-15)28(24,25)19-18(20)11-21-22-19;/h3-11H,12-13H2,1-2H3,(H,21,22);1H. The predicted octanol–water partition coefficient (Wildman–Crippen LogP) is 3.38. The van der Waals surface area contributed by atoms with E-state index < -0.39 is 20.9 Å². The minimum Gasteiger partial charge on any atom is -0.497 e. The van der Waals surface area contributed by atoms with Crippen LogP contribution in [0, 0.1) is 5.82 Å². The number of hydrogen-bond acceptors (Lipinski definition) is 5. The van der Waals surface area contributed by atoms with Crippen LogP contribution < -0.4 is 9.47 Å². The van der Waals surface area contributed by atoms with E-state index >= 15 is 0 Å². The monoisotopic (exact) mass is 441 g/mol. The van der Waals surface area contributed by atoms with Crippen LogP contribution in [0.1, 0.15) is 11.1 Å². The summed E-state index contributed by atoms with van der Waals surface area (Å²) < 4.78 is 51.5. The number of hydrogen-bond donors (Lipinski definition) is 1. The molecule has 0 fully saturated rings. The first-order valence-corrected chi connectivity index (χ1v) is 9.83. The Morgan fingerprint density at radius 3 is 1.72 bits per heavy atom. The molecule has 1 heterocycles. The van der Waals surface area contributed by atoms with E-state index in [0.29, 0.717) is 11.5 Å². The van der Waals surface area contributed by atoms with Gasteiger partial charge in [-0.15, -0.1) is 12.4 Å². The molecule has 0 saturated heterocycles. The summed E-state index contributed by atoms with van der Waals surface area (Å²) in [7, 11) is -1.03. The van der Waals surface area contributed by atoms with E-state index in [4.69, 9.17) is 9.47 Å². The van der Waals surface area contributed by atoms with Crippen LogP contribution in [-0.2, 0) is 23.1 Å². The van der Waals surface area contributed by atoms with Gasteiger partial charge in [-0.05, 0) is 35.4 Å². The van der Waals surface area contributed by atoms with Gasteiger partial charge in [0.05, 0.1) is 20.4 Å². The highest BCUT2D eigenvalue weighted by atomic mass is 35.5. The zero-order valence-electron chi connectivity index (χ0n) is 15.8. The average Bonchev–Trinajstić information content (AvgIpc) is 3.15. The summed E-state index contributed by atoms with van der Waals surface area (Å²) in [5, 5.41) is 5.17. The van der Waals surface area contributed by atoms with Gasteiger partial charge in [0.15, 0.2) is 5.82 Å². The number of H-pyrrole nitrogens is 1. The second-order valence-electron chi connectivity index (χ2n) is 6.02. The number of aromatic nitrogens is 2. The van der Waals surface area contributed by atoms with Crippen molar-refractivity contribution in [2.45, 2.75) is 18.1 Å². The van der Waals surface area contributed by atoms with Gasteiger partial charge in [0.1, 0.15) is 11.5 Å². The Kier molecular flexibility index (Phi) is 7.60. The second-order valence-corrected chi connectivity index (χ2v) is 7.89. The Bertz CT molecular complexity index is 975. The Morgan fingerprint density at radius 1 is 0.931 bits per heavy atom. The Labute approximate surface area is 174 Å². The average molecular weight is 442 g/mol. The topological polar surface area (TPSA) is 84.5 Å². The van der Waals surface area contributed by atoms with Crippen LogP contribution in [0.25, 0.3) is 0 Å². The molecule has 0 unspecified atom stereocenters. The first-order chi connectivity index (χ1) is 13.4. The highest BCUT2D eigenvalue weighted by Gasteiger charge is 2.29. The molecule has 1 aromatic heterocycles. The third kappa shape index (κ3) is 5.26. The molecular formula is C19H21ClFN3O4S. The smallest absolute Gasteiger partial charge is 0.263 e. The normalized spacial score (nSPS) is 11.2. The molecule has 0 aliphatic carbocycles. The largest absolute Gasteiger partial charge is 0.497 e. The number of nitrogens with zero attached hydrogens (tertiary/aromatic N) is 2. The third-order valence-corrected chi connectivity index (χ3v) is 5.93. The van der Waals surface area contributed by atoms with Crippen LogP contribution in [0.3, 0.4) is 0 Å². The van der Waals surface area contributed by atoms with Gasteiger partial charge in [-0.1, -0.05) is 24.3 Å². The van der Waals surface area contributed by atoms with E-state index in [0.717, 1.165) is 17.3 Å². The van der Waals surface area contributed by atoms with Gasteiger partial charge in [-0.2, -0.15) is 9.40 Å². The van der Waals surface area contributed by atoms with Crippen LogP contribution in [0.15, 0.2) is 59.8 Å². The highest BCUT2D eigenvalue weighted by molar-refractivity contribution is 7.89. The number of ether oxygens (including phenoxy) is 2. The SMILES string of the molecule is COc1ccc(CN(Cc2ccc(OC)cc2)S(=O)(=O)c2[nH]ncc2F)cc1.Cl. The van der Waals surface area contributed by atoms with E-state index in [1.165, 1.54) is 4.31 Å². The Balaban J connectivity index is 0.00000300. The maximum atomic E-state index is 13.9. The summed E-state index contributed by atoms with van der Waals surface area (Å²) in [6.07, 6.45) is 0.839. The molecule has 0 atom stereocenters. The molecule has 0 bridgehead atoms. The van der Waals surface area contributed by atoms with Crippen LogP contribution in [0.5, 0.6) is 11.5 Å². The summed E-state index contributed by atoms with van der Waals surface area (Å²) in [6, 6.07) is 14.0. The van der Waals surface area contributed by atoms with Crippen molar-refractivity contribution in [3.8, 4) is 11.5 Å². The van der Waals surface area contributed by atoms with Crippen molar-refractivity contribution in [3.63, 3.8) is 0 Å². The zero-order valence-corrected chi connectivity index (χ0v) is 17.5. The van der Waals surface area contributed by atoms with E-state index in [2.05, 4.69) is 10.2 Å². The van der Waals surface area contributed by atoms with Gasteiger partial charge in [-0.25, -0.2) is 12.8 Å². The quantitative estimate of drug-likeness (QED) is 0.579. The maximum Gasteiger partial charge on any atom is 0.263 e. The molecule has 3 aromatic rings. The van der Waals surface area contributed by atoms with Crippen LogP contribution in [0.4, 0.5) is 4.39 Å². The van der Waals surface area contributed by atoms with Gasteiger partial charge < -0.3 is 9.47 Å². The minimum atomic E-state index is -4.14. The van der Waals surface area contributed by atoms with Crippen molar-refractivity contribution < 1.29 is 22.3 Å². The number of sulfonamides is 1. The van der Waals surface area contributed by atoms with Gasteiger partial charge >= 0.3 is 0 Å². The molecule has 10 heteroatoms. The van der Waals surface area contributed by atoms with Crippen molar-refractivity contribution in [1.82, 2.24) is 14.5 Å². The summed E-state index contributed by atoms with van der Waals surface area (Å²) in [4.78, 5) is 0. The lowest BCUT2D eigenvalue weighted by molar-refractivity contribution is 0.393. The summed E-state index contributed by atoms with van der Waals surface area (Å²) in [5.41, 5.74) is 1.47. The molecule has 0 amide bonds. The van der Waals surface area contributed by atoms with Gasteiger partial charge in [-0.3, -0.25) is 5.10 Å². The van der Waals surface area contributed by atoms with Gasteiger partial charge in [0, 0.05) is 13.1 Å². The number of methoxy groups -OCH3 is 2. The minimum absolute atomic E-state index is 0.